The number of rotatable bonds is 23. The highest BCUT2D eigenvalue weighted by molar-refractivity contribution is 8.77. The Bertz CT molecular complexity index is 1060. The minimum atomic E-state index is -1.04. The predicted molar refractivity (Wildman–Crippen MR) is 180 cm³/mol. The van der Waals surface area contributed by atoms with Crippen LogP contribution < -0.4 is 5.32 Å². The van der Waals surface area contributed by atoms with Gasteiger partial charge in [0, 0.05) is 41.3 Å². The van der Waals surface area contributed by atoms with Crippen LogP contribution in [0.15, 0.2) is 85.3 Å². The van der Waals surface area contributed by atoms with Crippen LogP contribution in [0.3, 0.4) is 0 Å². The number of carbonyl (C=O) groups is 3. The first-order valence-electron chi connectivity index (χ1n) is 14.8. The summed E-state index contributed by atoms with van der Waals surface area (Å²) in [7, 11) is 2.95. The van der Waals surface area contributed by atoms with Gasteiger partial charge in [0.1, 0.15) is 6.04 Å². The Balaban J connectivity index is 2.19. The summed E-state index contributed by atoms with van der Waals surface area (Å²) in [6.07, 6.45) is 32.3. The van der Waals surface area contributed by atoms with Crippen LogP contribution in [0.5, 0.6) is 0 Å². The van der Waals surface area contributed by atoms with Crippen molar-refractivity contribution in [3.8, 4) is 0 Å². The first kappa shape index (κ1) is 37.2. The first-order chi connectivity index (χ1) is 20.2. The van der Waals surface area contributed by atoms with Gasteiger partial charge < -0.3 is 10.4 Å². The van der Waals surface area contributed by atoms with Crippen molar-refractivity contribution in [2.45, 2.75) is 95.8 Å². The van der Waals surface area contributed by atoms with E-state index >= 15 is 0 Å². The summed E-state index contributed by atoms with van der Waals surface area (Å²) < 4.78 is -0.225. The first-order valence-corrected chi connectivity index (χ1v) is 17.1. The Morgan fingerprint density at radius 1 is 0.929 bits per heavy atom. The van der Waals surface area contributed by atoms with E-state index in [-0.39, 0.29) is 28.6 Å². The number of unbranched alkanes of at least 4 members (excludes halogenated alkanes) is 1. The second kappa shape index (κ2) is 23.7. The van der Waals surface area contributed by atoms with Crippen LogP contribution in [0.2, 0.25) is 0 Å². The molecule has 1 rings (SSSR count). The average molecular weight is 613 g/mol. The van der Waals surface area contributed by atoms with E-state index < -0.39 is 12.0 Å². The van der Waals surface area contributed by atoms with E-state index in [1.165, 1.54) is 10.8 Å². The maximum atomic E-state index is 12.4. The third-order valence-corrected chi connectivity index (χ3v) is 9.38. The van der Waals surface area contributed by atoms with E-state index in [0.29, 0.717) is 24.8 Å². The molecule has 0 aliphatic rings. The Labute approximate surface area is 260 Å². The molecule has 1 atom stereocenters. The average Bonchev–Trinajstić information content (AvgIpc) is 2.97. The molecule has 0 aliphatic heterocycles. The molecule has 0 unspecified atom stereocenters. The van der Waals surface area contributed by atoms with Crippen LogP contribution in [0, 0.1) is 0 Å². The maximum Gasteiger partial charge on any atom is 0.327 e. The van der Waals surface area contributed by atoms with Gasteiger partial charge >= 0.3 is 5.97 Å². The quantitative estimate of drug-likeness (QED) is 0.0552. The zero-order chi connectivity index (χ0) is 30.9. The Kier molecular flexibility index (Phi) is 21.0. The summed E-state index contributed by atoms with van der Waals surface area (Å²) in [5.41, 5.74) is 0.598. The number of ketones is 1. The van der Waals surface area contributed by atoms with Crippen LogP contribution in [0.1, 0.15) is 95.3 Å². The Morgan fingerprint density at radius 3 is 2.07 bits per heavy atom. The summed E-state index contributed by atoms with van der Waals surface area (Å²) in [4.78, 5) is 40.3. The Hall–Kier alpha value is -2.84. The largest absolute Gasteiger partial charge is 0.480 e. The lowest BCUT2D eigenvalue weighted by Gasteiger charge is -2.24. The zero-order valence-corrected chi connectivity index (χ0v) is 27.0. The van der Waals surface area contributed by atoms with Crippen molar-refractivity contribution in [3.05, 3.63) is 90.9 Å². The zero-order valence-electron chi connectivity index (χ0n) is 25.4. The molecule has 1 heterocycles. The summed E-state index contributed by atoms with van der Waals surface area (Å²) in [6, 6.07) is 2.55. The van der Waals surface area contributed by atoms with Crippen LogP contribution in [-0.2, 0) is 9.59 Å². The fourth-order valence-corrected chi connectivity index (χ4v) is 6.33. The van der Waals surface area contributed by atoms with Gasteiger partial charge in [-0.25, -0.2) is 4.79 Å². The lowest BCUT2D eigenvalue weighted by Crippen LogP contribution is -2.42. The molecule has 1 amide bonds. The fraction of sp³-hybridized carbons (Fsp3) is 0.471. The highest BCUT2D eigenvalue weighted by Gasteiger charge is 2.24. The monoisotopic (exact) mass is 612 g/mol. The number of allylic oxidation sites excluding steroid dienone is 10. The number of amides is 1. The topological polar surface area (TPSA) is 96.4 Å². The molecule has 1 aromatic heterocycles. The molecular formula is C34H48N2O4S2. The molecule has 0 aromatic carbocycles. The third-order valence-electron chi connectivity index (χ3n) is 6.02. The molecule has 42 heavy (non-hydrogen) atoms. The number of aliphatic carboxylic acids is 1. The van der Waals surface area contributed by atoms with Crippen LogP contribution in [0.25, 0.3) is 0 Å². The van der Waals surface area contributed by atoms with E-state index in [2.05, 4.69) is 78.0 Å². The SMILES string of the molecule is CC/C=C\C/C=C\C/C=C\C/C=C\C/C=C\CCCC(=O)N[C@@H](CSSC(C)(C)CCC(=O)c1cccnc1)C(=O)O. The molecule has 230 valence electrons. The third kappa shape index (κ3) is 20.1. The van der Waals surface area contributed by atoms with Crippen molar-refractivity contribution >= 4 is 39.2 Å². The van der Waals surface area contributed by atoms with Gasteiger partial charge in [0.2, 0.25) is 5.91 Å². The van der Waals surface area contributed by atoms with E-state index in [4.69, 9.17) is 0 Å². The molecule has 0 spiro atoms. The summed E-state index contributed by atoms with van der Waals surface area (Å²) in [5.74, 6) is -0.997. The molecule has 0 bridgehead atoms. The number of nitrogens with one attached hydrogen (secondary N) is 1. The number of hydrogen-bond donors (Lipinski definition) is 2. The van der Waals surface area contributed by atoms with Gasteiger partial charge in [0.05, 0.1) is 0 Å². The van der Waals surface area contributed by atoms with E-state index in [1.807, 2.05) is 13.8 Å². The molecule has 0 aliphatic carbocycles. The van der Waals surface area contributed by atoms with Gasteiger partial charge in [-0.2, -0.15) is 0 Å². The van der Waals surface area contributed by atoms with Crippen molar-refractivity contribution in [2.24, 2.45) is 0 Å². The lowest BCUT2D eigenvalue weighted by molar-refractivity contribution is -0.141. The number of pyridine rings is 1. The fourth-order valence-electron chi connectivity index (χ4n) is 3.58. The number of aromatic nitrogens is 1. The standard InChI is InChI=1S/C34H48N2O4S2/c1-4-5-6-7-8-9-10-11-12-13-14-15-16-17-18-19-20-23-32(38)36-30(33(39)40)28-41-42-34(2,3)25-24-31(37)29-22-21-26-35-27-29/h5-6,8-9,11-12,14-15,17-18,21-22,26-27,30H,4,7,10,13,16,19-20,23-25,28H2,1-3H3,(H,36,38)(H,39,40)/b6-5-,9-8-,12-11-,15-14-,18-17-/t30-/m0/s1. The van der Waals surface area contributed by atoms with Crippen molar-refractivity contribution in [3.63, 3.8) is 0 Å². The smallest absolute Gasteiger partial charge is 0.327 e. The van der Waals surface area contributed by atoms with Crippen LogP contribution in [-0.4, -0.2) is 44.3 Å². The number of hydrogen-bond acceptors (Lipinski definition) is 6. The minimum Gasteiger partial charge on any atom is -0.480 e. The second-order valence-electron chi connectivity index (χ2n) is 10.4. The van der Waals surface area contributed by atoms with Crippen molar-refractivity contribution in [1.29, 1.82) is 0 Å². The number of carbonyl (C=O) groups excluding carboxylic acids is 2. The number of Topliss-reactive ketones (excluding diaryl/α,β-unsaturated/α-hetero) is 1. The molecule has 1 aromatic rings. The van der Waals surface area contributed by atoms with E-state index in [0.717, 1.165) is 38.5 Å². The van der Waals surface area contributed by atoms with Crippen LogP contribution in [0.4, 0.5) is 0 Å². The number of nitrogens with zero attached hydrogens (tertiary/aromatic N) is 1. The summed E-state index contributed by atoms with van der Waals surface area (Å²) >= 11 is 0. The van der Waals surface area contributed by atoms with Crippen molar-refractivity contribution in [1.82, 2.24) is 10.3 Å². The van der Waals surface area contributed by atoms with Gasteiger partial charge in [-0.05, 0) is 77.3 Å². The number of carboxylic acid groups (broad SMARTS) is 1. The molecule has 0 radical (unpaired) electrons. The van der Waals surface area contributed by atoms with Gasteiger partial charge in [-0.15, -0.1) is 0 Å². The molecule has 8 heteroatoms. The van der Waals surface area contributed by atoms with Crippen molar-refractivity contribution < 1.29 is 19.5 Å². The van der Waals surface area contributed by atoms with E-state index in [9.17, 15) is 19.5 Å². The molecule has 0 saturated carbocycles. The predicted octanol–water partition coefficient (Wildman–Crippen LogP) is 8.70. The maximum absolute atomic E-state index is 12.4. The molecule has 0 fully saturated rings. The Morgan fingerprint density at radius 2 is 1.52 bits per heavy atom. The lowest BCUT2D eigenvalue weighted by atomic mass is 10.0. The van der Waals surface area contributed by atoms with Crippen molar-refractivity contribution in [2.75, 3.05) is 5.75 Å². The highest BCUT2D eigenvalue weighted by Crippen LogP contribution is 2.39. The highest BCUT2D eigenvalue weighted by atomic mass is 33.1. The van der Waals surface area contributed by atoms with Gasteiger partial charge in [-0.1, -0.05) is 89.3 Å². The minimum absolute atomic E-state index is 0.0435. The molecule has 0 saturated heterocycles. The summed E-state index contributed by atoms with van der Waals surface area (Å²) in [5, 5.41) is 12.2. The molecule has 6 nitrogen and oxygen atoms in total. The van der Waals surface area contributed by atoms with Crippen LogP contribution >= 0.6 is 21.6 Å². The normalized spacial score (nSPS) is 13.2. The second-order valence-corrected chi connectivity index (χ2v) is 13.4. The number of carboxylic acids is 1. The van der Waals surface area contributed by atoms with E-state index in [1.54, 1.807) is 35.3 Å². The van der Waals surface area contributed by atoms with Gasteiger partial charge in [0.25, 0.3) is 0 Å². The van der Waals surface area contributed by atoms with Gasteiger partial charge in [0.15, 0.2) is 5.78 Å². The summed E-state index contributed by atoms with van der Waals surface area (Å²) in [6.45, 7) is 6.20. The van der Waals surface area contributed by atoms with Gasteiger partial charge in [-0.3, -0.25) is 14.6 Å². The molecular weight excluding hydrogens is 565 g/mol. The molecule has 2 N–H and O–H groups in total.